The van der Waals surface area contributed by atoms with Gasteiger partial charge in [0, 0.05) is 33.7 Å². The molecule has 7 heteroatoms. The van der Waals surface area contributed by atoms with Crippen LogP contribution < -0.4 is 16.0 Å². The molecule has 0 atom stereocenters. The quantitative estimate of drug-likeness (QED) is 0.724. The molecule has 2 rings (SSSR count). The van der Waals surface area contributed by atoms with Gasteiger partial charge < -0.3 is 21.1 Å². The zero-order chi connectivity index (χ0) is 15.6. The summed E-state index contributed by atoms with van der Waals surface area (Å²) in [5, 5.41) is 12.5. The first-order valence-electron chi connectivity index (χ1n) is 7.00. The van der Waals surface area contributed by atoms with Crippen LogP contribution in [0.2, 0.25) is 0 Å². The van der Waals surface area contributed by atoms with Crippen LogP contribution in [0.1, 0.15) is 39.8 Å². The van der Waals surface area contributed by atoms with Crippen molar-refractivity contribution in [2.75, 3.05) is 37.4 Å². The van der Waals surface area contributed by atoms with Crippen molar-refractivity contribution in [3.63, 3.8) is 0 Å². The highest BCUT2D eigenvalue weighted by Crippen LogP contribution is 2.40. The number of amides is 1. The highest BCUT2D eigenvalue weighted by atomic mass is 32.1. The maximum absolute atomic E-state index is 12.1. The maximum atomic E-state index is 12.1. The number of ketones is 1. The van der Waals surface area contributed by atoms with Gasteiger partial charge >= 0.3 is 0 Å². The van der Waals surface area contributed by atoms with Gasteiger partial charge in [-0.3, -0.25) is 9.59 Å². The predicted octanol–water partition coefficient (Wildman–Crippen LogP) is 1.10. The Kier molecular flexibility index (Phi) is 4.84. The maximum Gasteiger partial charge on any atom is 0.256 e. The Bertz CT molecular complexity index is 548. The molecule has 1 aliphatic rings. The molecule has 1 saturated heterocycles. The van der Waals surface area contributed by atoms with E-state index in [-0.39, 0.29) is 24.0 Å². The summed E-state index contributed by atoms with van der Waals surface area (Å²) in [6.07, 6.45) is 1.74. The fourth-order valence-electron chi connectivity index (χ4n) is 2.58. The third kappa shape index (κ3) is 3.03. The first-order chi connectivity index (χ1) is 9.99. The van der Waals surface area contributed by atoms with Gasteiger partial charge in [0.2, 0.25) is 0 Å². The van der Waals surface area contributed by atoms with Crippen LogP contribution in [0.15, 0.2) is 0 Å². The van der Waals surface area contributed by atoms with E-state index in [1.165, 1.54) is 18.3 Å². The second kappa shape index (κ2) is 6.44. The number of nitrogens with two attached hydrogens (primary N) is 1. The molecular formula is C14H21N3O3S. The molecule has 0 aromatic carbocycles. The van der Waals surface area contributed by atoms with E-state index in [1.54, 1.807) is 7.05 Å². The van der Waals surface area contributed by atoms with E-state index in [1.807, 2.05) is 0 Å². The van der Waals surface area contributed by atoms with Crippen LogP contribution in [0.4, 0.5) is 10.7 Å². The molecule has 116 valence electrons. The number of carbonyl (C=O) groups excluding carboxylic acids is 2. The van der Waals surface area contributed by atoms with Gasteiger partial charge in [-0.2, -0.15) is 0 Å². The number of nitrogen functional groups attached to an aromatic ring is 1. The summed E-state index contributed by atoms with van der Waals surface area (Å²) in [6, 6.07) is 0. The molecule has 1 aromatic rings. The minimum atomic E-state index is -0.268. The number of nitrogens with one attached hydrogen (secondary N) is 1. The van der Waals surface area contributed by atoms with Crippen LogP contribution in [0.5, 0.6) is 0 Å². The van der Waals surface area contributed by atoms with Crippen LogP contribution >= 0.6 is 11.3 Å². The third-order valence-electron chi connectivity index (χ3n) is 3.86. The van der Waals surface area contributed by atoms with Crippen molar-refractivity contribution in [1.29, 1.82) is 0 Å². The van der Waals surface area contributed by atoms with Crippen molar-refractivity contribution in [2.24, 2.45) is 5.92 Å². The molecule has 0 saturated carbocycles. The number of hydrogen-bond acceptors (Lipinski definition) is 6. The number of carbonyl (C=O) groups is 2. The summed E-state index contributed by atoms with van der Waals surface area (Å²) in [5.41, 5.74) is 6.67. The number of hydrogen-bond donors (Lipinski definition) is 3. The van der Waals surface area contributed by atoms with Gasteiger partial charge in [-0.05, 0) is 18.8 Å². The SMILES string of the molecule is CNC(=O)c1c(N2CCC(CO)CC2)sc(C(C)=O)c1N. The molecular weight excluding hydrogens is 290 g/mol. The lowest BCUT2D eigenvalue weighted by Crippen LogP contribution is -2.35. The average molecular weight is 311 g/mol. The van der Waals surface area contributed by atoms with Crippen LogP contribution in [0.3, 0.4) is 0 Å². The lowest BCUT2D eigenvalue weighted by molar-refractivity contribution is 0.0964. The van der Waals surface area contributed by atoms with Gasteiger partial charge in [0.25, 0.3) is 5.91 Å². The Morgan fingerprint density at radius 1 is 1.43 bits per heavy atom. The van der Waals surface area contributed by atoms with Crippen LogP contribution in [-0.2, 0) is 0 Å². The number of Topliss-reactive ketones (excluding diaryl/α,β-unsaturated/α-hetero) is 1. The Labute approximate surface area is 127 Å². The van der Waals surface area contributed by atoms with Gasteiger partial charge in [0.1, 0.15) is 5.00 Å². The summed E-state index contributed by atoms with van der Waals surface area (Å²) < 4.78 is 0. The largest absolute Gasteiger partial charge is 0.397 e. The molecule has 0 spiro atoms. The van der Waals surface area contributed by atoms with Gasteiger partial charge in [0.15, 0.2) is 5.78 Å². The smallest absolute Gasteiger partial charge is 0.256 e. The fourth-order valence-corrected chi connectivity index (χ4v) is 3.74. The monoisotopic (exact) mass is 311 g/mol. The van der Waals surface area contributed by atoms with Crippen molar-refractivity contribution in [2.45, 2.75) is 19.8 Å². The molecule has 21 heavy (non-hydrogen) atoms. The molecule has 1 aromatic heterocycles. The topological polar surface area (TPSA) is 95.7 Å². The number of piperidine rings is 1. The lowest BCUT2D eigenvalue weighted by Gasteiger charge is -2.32. The van der Waals surface area contributed by atoms with Crippen LogP contribution in [0.25, 0.3) is 0 Å². The van der Waals surface area contributed by atoms with Crippen LogP contribution in [0, 0.1) is 5.92 Å². The number of rotatable bonds is 4. The fraction of sp³-hybridized carbons (Fsp3) is 0.571. The van der Waals surface area contributed by atoms with E-state index in [2.05, 4.69) is 10.2 Å². The van der Waals surface area contributed by atoms with E-state index in [4.69, 9.17) is 5.73 Å². The van der Waals surface area contributed by atoms with Gasteiger partial charge in [0.05, 0.1) is 16.1 Å². The number of thiophene rings is 1. The standard InChI is InChI=1S/C14H21N3O3S/c1-8(19)12-11(15)10(13(20)16-2)14(21-12)17-5-3-9(7-18)4-6-17/h9,18H,3-7,15H2,1-2H3,(H,16,20). The van der Waals surface area contributed by atoms with E-state index >= 15 is 0 Å². The lowest BCUT2D eigenvalue weighted by atomic mass is 9.98. The summed E-state index contributed by atoms with van der Waals surface area (Å²) in [5.74, 6) is -0.0797. The number of aliphatic hydroxyl groups excluding tert-OH is 1. The molecule has 1 amide bonds. The first kappa shape index (κ1) is 15.8. The van der Waals surface area contributed by atoms with Crippen LogP contribution in [-0.4, -0.2) is 43.5 Å². The summed E-state index contributed by atoms with van der Waals surface area (Å²) in [7, 11) is 1.55. The van der Waals surface area contributed by atoms with E-state index in [9.17, 15) is 14.7 Å². The number of nitrogens with zero attached hydrogens (tertiary/aromatic N) is 1. The average Bonchev–Trinajstić information content (AvgIpc) is 2.84. The zero-order valence-electron chi connectivity index (χ0n) is 12.3. The molecule has 0 aliphatic carbocycles. The van der Waals surface area contributed by atoms with Crippen molar-refractivity contribution in [3.05, 3.63) is 10.4 Å². The molecule has 4 N–H and O–H groups in total. The predicted molar refractivity (Wildman–Crippen MR) is 84.1 cm³/mol. The molecule has 1 fully saturated rings. The molecule has 2 heterocycles. The Balaban J connectivity index is 2.36. The number of anilines is 2. The van der Waals surface area contributed by atoms with Gasteiger partial charge in [-0.25, -0.2) is 0 Å². The Hall–Kier alpha value is -1.60. The molecule has 0 unspecified atom stereocenters. The second-order valence-corrected chi connectivity index (χ2v) is 6.27. The summed E-state index contributed by atoms with van der Waals surface area (Å²) >= 11 is 1.28. The van der Waals surface area contributed by atoms with Gasteiger partial charge in [-0.1, -0.05) is 0 Å². The van der Waals surface area contributed by atoms with Crippen molar-refractivity contribution >= 4 is 33.7 Å². The van der Waals surface area contributed by atoms with Gasteiger partial charge in [-0.15, -0.1) is 11.3 Å². The molecule has 0 radical (unpaired) electrons. The minimum Gasteiger partial charge on any atom is -0.397 e. The highest BCUT2D eigenvalue weighted by Gasteiger charge is 2.28. The minimum absolute atomic E-state index is 0.126. The van der Waals surface area contributed by atoms with E-state index < -0.39 is 0 Å². The van der Waals surface area contributed by atoms with Crippen molar-refractivity contribution in [1.82, 2.24) is 5.32 Å². The van der Waals surface area contributed by atoms with E-state index in [0.717, 1.165) is 30.9 Å². The third-order valence-corrected chi connectivity index (χ3v) is 5.23. The zero-order valence-corrected chi connectivity index (χ0v) is 13.1. The summed E-state index contributed by atoms with van der Waals surface area (Å²) in [6.45, 7) is 3.16. The summed E-state index contributed by atoms with van der Waals surface area (Å²) in [4.78, 5) is 26.3. The first-order valence-corrected chi connectivity index (χ1v) is 7.82. The Morgan fingerprint density at radius 3 is 2.52 bits per heavy atom. The molecule has 0 bridgehead atoms. The number of aliphatic hydroxyl groups is 1. The second-order valence-electron chi connectivity index (χ2n) is 5.27. The Morgan fingerprint density at radius 2 is 2.05 bits per heavy atom. The van der Waals surface area contributed by atoms with Crippen molar-refractivity contribution in [3.8, 4) is 0 Å². The van der Waals surface area contributed by atoms with Crippen molar-refractivity contribution < 1.29 is 14.7 Å². The normalized spacial score (nSPS) is 16.0. The van der Waals surface area contributed by atoms with E-state index in [0.29, 0.717) is 16.4 Å². The molecule has 6 nitrogen and oxygen atoms in total. The highest BCUT2D eigenvalue weighted by molar-refractivity contribution is 7.19. The molecule has 1 aliphatic heterocycles.